The van der Waals surface area contributed by atoms with E-state index in [9.17, 15) is 4.39 Å². The molecule has 0 fully saturated rings. The summed E-state index contributed by atoms with van der Waals surface area (Å²) in [5.41, 5.74) is 1.83. The fraction of sp³-hybridized carbons (Fsp3) is 0.353. The van der Waals surface area contributed by atoms with Gasteiger partial charge in [-0.2, -0.15) is 0 Å². The summed E-state index contributed by atoms with van der Waals surface area (Å²) in [7, 11) is 0. The van der Waals surface area contributed by atoms with Crippen molar-refractivity contribution in [2.24, 2.45) is 0 Å². The molecule has 1 aliphatic heterocycles. The third kappa shape index (κ3) is 3.49. The Hall–Kier alpha value is -1.79. The smallest absolute Gasteiger partial charge is 0.139 e. The quantitative estimate of drug-likeness (QED) is 0.696. The summed E-state index contributed by atoms with van der Waals surface area (Å²) >= 11 is 1.62. The Morgan fingerprint density at radius 2 is 1.92 bits per heavy atom. The van der Waals surface area contributed by atoms with Crippen LogP contribution in [0.3, 0.4) is 0 Å². The van der Waals surface area contributed by atoms with Crippen LogP contribution in [0.15, 0.2) is 29.6 Å². The molecule has 0 spiro atoms. The van der Waals surface area contributed by atoms with Crippen LogP contribution in [0.2, 0.25) is 0 Å². The fourth-order valence-electron chi connectivity index (χ4n) is 2.96. The highest BCUT2D eigenvalue weighted by Crippen LogP contribution is 2.24. The summed E-state index contributed by atoms with van der Waals surface area (Å²) in [5.74, 6) is 1.88. The number of hydrogen-bond donors (Lipinski definition) is 0. The van der Waals surface area contributed by atoms with Gasteiger partial charge in [0.2, 0.25) is 0 Å². The number of benzene rings is 1. The number of fused-ring (bicyclic) bond motifs is 1. The molecule has 0 aliphatic carbocycles. The van der Waals surface area contributed by atoms with E-state index in [2.05, 4.69) is 19.7 Å². The zero-order chi connectivity index (χ0) is 15.6. The van der Waals surface area contributed by atoms with Gasteiger partial charge in [-0.3, -0.25) is 0 Å². The maximum Gasteiger partial charge on any atom is 0.139 e. The molecule has 3 heterocycles. The van der Waals surface area contributed by atoms with Gasteiger partial charge in [0, 0.05) is 23.9 Å². The Labute approximate surface area is 150 Å². The number of halogens is 2. The lowest BCUT2D eigenvalue weighted by Crippen LogP contribution is -2.06. The summed E-state index contributed by atoms with van der Waals surface area (Å²) in [6, 6.07) is 6.45. The monoisotopic (exact) mass is 364 g/mol. The molecule has 0 saturated carbocycles. The molecule has 1 aromatic carbocycles. The van der Waals surface area contributed by atoms with Crippen LogP contribution < -0.4 is 0 Å². The van der Waals surface area contributed by atoms with Crippen LogP contribution in [0.1, 0.15) is 35.9 Å². The van der Waals surface area contributed by atoms with Gasteiger partial charge >= 0.3 is 0 Å². The maximum atomic E-state index is 13.0. The van der Waals surface area contributed by atoms with E-state index in [0.717, 1.165) is 40.9 Å². The number of nitrogens with zero attached hydrogens (tertiary/aromatic N) is 4. The van der Waals surface area contributed by atoms with Crippen molar-refractivity contribution in [3.63, 3.8) is 0 Å². The fourth-order valence-corrected chi connectivity index (χ4v) is 3.76. The van der Waals surface area contributed by atoms with Gasteiger partial charge in [0.1, 0.15) is 22.5 Å². The first-order valence-corrected chi connectivity index (χ1v) is 8.79. The van der Waals surface area contributed by atoms with Crippen molar-refractivity contribution in [3.05, 3.63) is 52.1 Å². The summed E-state index contributed by atoms with van der Waals surface area (Å²) in [6.45, 7) is 1.01. The van der Waals surface area contributed by atoms with Gasteiger partial charge in [0.15, 0.2) is 0 Å². The van der Waals surface area contributed by atoms with Crippen molar-refractivity contribution in [1.29, 1.82) is 0 Å². The molecule has 0 bridgehead atoms. The van der Waals surface area contributed by atoms with E-state index < -0.39 is 0 Å². The van der Waals surface area contributed by atoms with Crippen LogP contribution in [-0.2, 0) is 19.4 Å². The van der Waals surface area contributed by atoms with E-state index in [1.165, 1.54) is 31.4 Å². The van der Waals surface area contributed by atoms with Crippen LogP contribution in [0.5, 0.6) is 0 Å². The molecule has 0 radical (unpaired) electrons. The number of thiazole rings is 1. The third-order valence-corrected chi connectivity index (χ3v) is 5.04. The van der Waals surface area contributed by atoms with Crippen molar-refractivity contribution in [2.45, 2.75) is 38.6 Å². The Morgan fingerprint density at radius 1 is 1.08 bits per heavy atom. The van der Waals surface area contributed by atoms with Crippen LogP contribution in [0, 0.1) is 5.82 Å². The lowest BCUT2D eigenvalue weighted by molar-refractivity contribution is 0.611. The first kappa shape index (κ1) is 17.0. The van der Waals surface area contributed by atoms with E-state index in [1.54, 1.807) is 23.5 Å². The van der Waals surface area contributed by atoms with Gasteiger partial charge in [-0.15, -0.1) is 33.9 Å². The largest absolute Gasteiger partial charge is 0.315 e. The van der Waals surface area contributed by atoms with E-state index in [1.807, 2.05) is 5.38 Å². The van der Waals surface area contributed by atoms with Gasteiger partial charge < -0.3 is 4.57 Å². The Kier molecular flexibility index (Phi) is 5.26. The average Bonchev–Trinajstić information content (AvgIpc) is 3.10. The molecular weight excluding hydrogens is 347 g/mol. The molecule has 2 aromatic heterocycles. The predicted octanol–water partition coefficient (Wildman–Crippen LogP) is 4.28. The van der Waals surface area contributed by atoms with Crippen molar-refractivity contribution < 1.29 is 4.39 Å². The minimum absolute atomic E-state index is 0. The Bertz CT molecular complexity index is 812. The van der Waals surface area contributed by atoms with Crippen LogP contribution >= 0.6 is 23.7 Å². The van der Waals surface area contributed by atoms with Crippen LogP contribution in [0.25, 0.3) is 11.3 Å². The molecule has 0 amide bonds. The minimum Gasteiger partial charge on any atom is -0.315 e. The summed E-state index contributed by atoms with van der Waals surface area (Å²) in [4.78, 5) is 4.67. The highest BCUT2D eigenvalue weighted by molar-refractivity contribution is 7.10. The third-order valence-electron chi connectivity index (χ3n) is 4.19. The highest BCUT2D eigenvalue weighted by Gasteiger charge is 2.16. The van der Waals surface area contributed by atoms with Crippen molar-refractivity contribution in [3.8, 4) is 11.3 Å². The van der Waals surface area contributed by atoms with Gasteiger partial charge in [-0.05, 0) is 37.1 Å². The first-order valence-electron chi connectivity index (χ1n) is 7.91. The Balaban J connectivity index is 0.00000169. The second-order valence-corrected chi connectivity index (χ2v) is 6.75. The molecule has 0 N–H and O–H groups in total. The normalized spacial score (nSPS) is 13.9. The summed E-state index contributed by atoms with van der Waals surface area (Å²) < 4.78 is 15.3. The van der Waals surface area contributed by atoms with Gasteiger partial charge in [0.05, 0.1) is 12.1 Å². The lowest BCUT2D eigenvalue weighted by Gasteiger charge is -2.05. The molecule has 126 valence electrons. The molecular formula is C17H18ClFN4S. The van der Waals surface area contributed by atoms with Crippen molar-refractivity contribution in [1.82, 2.24) is 19.7 Å². The molecule has 4 rings (SSSR count). The maximum absolute atomic E-state index is 13.0. The SMILES string of the molecule is Cl.Fc1ccc(-c2csc(Cc3nnc4n3CCCCC4)n2)cc1. The van der Waals surface area contributed by atoms with Gasteiger partial charge in [-0.1, -0.05) is 6.42 Å². The second-order valence-electron chi connectivity index (χ2n) is 5.80. The number of rotatable bonds is 3. The molecule has 0 atom stereocenters. The van der Waals surface area contributed by atoms with Crippen molar-refractivity contribution >= 4 is 23.7 Å². The van der Waals surface area contributed by atoms with Gasteiger partial charge in [0.25, 0.3) is 0 Å². The zero-order valence-corrected chi connectivity index (χ0v) is 14.7. The van der Waals surface area contributed by atoms with E-state index in [4.69, 9.17) is 0 Å². The first-order chi connectivity index (χ1) is 11.3. The van der Waals surface area contributed by atoms with E-state index >= 15 is 0 Å². The molecule has 3 aromatic rings. The second kappa shape index (κ2) is 7.40. The molecule has 0 unspecified atom stereocenters. The van der Waals surface area contributed by atoms with Crippen LogP contribution in [0.4, 0.5) is 4.39 Å². The van der Waals surface area contributed by atoms with E-state index in [-0.39, 0.29) is 18.2 Å². The molecule has 24 heavy (non-hydrogen) atoms. The molecule has 7 heteroatoms. The standard InChI is InChI=1S/C17H17FN4S.ClH/c18-13-7-5-12(6-8-13)14-11-23-17(19-14)10-16-21-20-15-4-2-1-3-9-22(15)16;/h5-8,11H,1-4,9-10H2;1H. The van der Waals surface area contributed by atoms with Crippen molar-refractivity contribution in [2.75, 3.05) is 0 Å². The molecule has 4 nitrogen and oxygen atoms in total. The number of aryl methyl sites for hydroxylation is 1. The average molecular weight is 365 g/mol. The number of aromatic nitrogens is 4. The molecule has 0 saturated heterocycles. The zero-order valence-electron chi connectivity index (χ0n) is 13.1. The topological polar surface area (TPSA) is 43.6 Å². The summed E-state index contributed by atoms with van der Waals surface area (Å²) in [6.07, 6.45) is 5.38. The highest BCUT2D eigenvalue weighted by atomic mass is 35.5. The van der Waals surface area contributed by atoms with Crippen LogP contribution in [-0.4, -0.2) is 19.7 Å². The summed E-state index contributed by atoms with van der Waals surface area (Å²) in [5, 5.41) is 11.7. The Morgan fingerprint density at radius 3 is 2.75 bits per heavy atom. The predicted molar refractivity (Wildman–Crippen MR) is 95.1 cm³/mol. The minimum atomic E-state index is -0.227. The number of hydrogen-bond acceptors (Lipinski definition) is 4. The van der Waals surface area contributed by atoms with E-state index in [0.29, 0.717) is 6.42 Å². The molecule has 1 aliphatic rings. The van der Waals surface area contributed by atoms with Gasteiger partial charge in [-0.25, -0.2) is 9.37 Å². The lowest BCUT2D eigenvalue weighted by atomic mass is 10.2.